The minimum absolute atomic E-state index is 0.335. The van der Waals surface area contributed by atoms with Gasteiger partial charge in [0.05, 0.1) is 5.56 Å². The second-order valence-electron chi connectivity index (χ2n) is 7.79. The van der Waals surface area contributed by atoms with E-state index >= 15 is 0 Å². The van der Waals surface area contributed by atoms with Crippen molar-refractivity contribution in [2.45, 2.75) is 13.1 Å². The molecule has 0 saturated heterocycles. The SMILES string of the molecule is O=c1oc2cc(N(Cc3ccccc3)Cc3ccccc3)ccc2cc1-c1cc[nH+]cc1. The van der Waals surface area contributed by atoms with Crippen molar-refractivity contribution in [2.24, 2.45) is 0 Å². The van der Waals surface area contributed by atoms with Crippen molar-refractivity contribution in [3.63, 3.8) is 0 Å². The predicted molar refractivity (Wildman–Crippen MR) is 127 cm³/mol. The van der Waals surface area contributed by atoms with E-state index in [9.17, 15) is 4.79 Å². The molecule has 0 aliphatic heterocycles. The van der Waals surface area contributed by atoms with Crippen molar-refractivity contribution in [3.05, 3.63) is 131 Å². The van der Waals surface area contributed by atoms with Gasteiger partial charge in [0, 0.05) is 47.9 Å². The number of fused-ring (bicyclic) bond motifs is 1. The van der Waals surface area contributed by atoms with Crippen molar-refractivity contribution >= 4 is 16.7 Å². The maximum atomic E-state index is 12.7. The largest absolute Gasteiger partial charge is 0.422 e. The number of nitrogens with one attached hydrogen (secondary N) is 1. The van der Waals surface area contributed by atoms with E-state index in [-0.39, 0.29) is 5.63 Å². The lowest BCUT2D eigenvalue weighted by molar-refractivity contribution is -0.377. The Bertz CT molecular complexity index is 1340. The van der Waals surface area contributed by atoms with E-state index in [4.69, 9.17) is 4.42 Å². The summed E-state index contributed by atoms with van der Waals surface area (Å²) in [4.78, 5) is 18.0. The third kappa shape index (κ3) is 4.30. The average Bonchev–Trinajstić information content (AvgIpc) is 2.85. The first-order valence-corrected chi connectivity index (χ1v) is 10.6. The highest BCUT2D eigenvalue weighted by Crippen LogP contribution is 2.27. The predicted octanol–water partition coefficient (Wildman–Crippen LogP) is 5.48. The summed E-state index contributed by atoms with van der Waals surface area (Å²) in [5.41, 5.74) is 5.10. The van der Waals surface area contributed by atoms with Crippen LogP contribution in [-0.2, 0) is 13.1 Å². The number of benzene rings is 3. The molecule has 0 radical (unpaired) electrons. The molecule has 0 unspecified atom stereocenters. The van der Waals surface area contributed by atoms with Gasteiger partial charge in [-0.05, 0) is 29.3 Å². The summed E-state index contributed by atoms with van der Waals surface area (Å²) in [6.07, 6.45) is 3.60. The molecule has 2 aromatic heterocycles. The van der Waals surface area contributed by atoms with Gasteiger partial charge < -0.3 is 9.32 Å². The van der Waals surface area contributed by atoms with Crippen LogP contribution in [0.25, 0.3) is 22.1 Å². The van der Waals surface area contributed by atoms with Gasteiger partial charge in [-0.3, -0.25) is 0 Å². The number of hydrogen-bond acceptors (Lipinski definition) is 3. The van der Waals surface area contributed by atoms with Crippen LogP contribution in [0.1, 0.15) is 11.1 Å². The lowest BCUT2D eigenvalue weighted by Crippen LogP contribution is -2.22. The summed E-state index contributed by atoms with van der Waals surface area (Å²) in [7, 11) is 0. The fourth-order valence-electron chi connectivity index (χ4n) is 3.91. The zero-order chi connectivity index (χ0) is 21.8. The molecule has 0 aliphatic rings. The molecule has 0 fully saturated rings. The number of aromatic amines is 1. The Morgan fingerprint density at radius 1 is 0.719 bits per heavy atom. The molecule has 5 rings (SSSR count). The molecule has 0 amide bonds. The molecule has 0 saturated carbocycles. The van der Waals surface area contributed by atoms with Crippen LogP contribution in [0.3, 0.4) is 0 Å². The number of anilines is 1. The Balaban J connectivity index is 1.53. The highest BCUT2D eigenvalue weighted by Gasteiger charge is 2.13. The normalized spacial score (nSPS) is 10.9. The minimum atomic E-state index is -0.335. The summed E-state index contributed by atoms with van der Waals surface area (Å²) in [5, 5.41) is 0.899. The highest BCUT2D eigenvalue weighted by molar-refractivity contribution is 5.84. The van der Waals surface area contributed by atoms with Crippen LogP contribution in [0.5, 0.6) is 0 Å². The number of nitrogens with zero attached hydrogens (tertiary/aromatic N) is 1. The zero-order valence-corrected chi connectivity index (χ0v) is 17.6. The molecule has 0 aliphatic carbocycles. The molecule has 0 atom stereocenters. The molecule has 1 N–H and O–H groups in total. The van der Waals surface area contributed by atoms with Gasteiger partial charge in [-0.1, -0.05) is 60.7 Å². The van der Waals surface area contributed by atoms with Gasteiger partial charge in [-0.25, -0.2) is 9.78 Å². The first-order chi connectivity index (χ1) is 15.8. The van der Waals surface area contributed by atoms with Crippen LogP contribution in [-0.4, -0.2) is 0 Å². The molecule has 0 spiro atoms. The van der Waals surface area contributed by atoms with E-state index in [0.717, 1.165) is 29.7 Å². The summed E-state index contributed by atoms with van der Waals surface area (Å²) in [6, 6.07) is 32.5. The summed E-state index contributed by atoms with van der Waals surface area (Å²) >= 11 is 0. The van der Waals surface area contributed by atoms with Crippen LogP contribution in [0.2, 0.25) is 0 Å². The molecule has 5 aromatic rings. The van der Waals surface area contributed by atoms with Crippen molar-refractivity contribution in [1.29, 1.82) is 0 Å². The fourth-order valence-corrected chi connectivity index (χ4v) is 3.91. The number of pyridine rings is 1. The number of H-pyrrole nitrogens is 1. The molecule has 32 heavy (non-hydrogen) atoms. The molecule has 156 valence electrons. The Morgan fingerprint density at radius 3 is 1.97 bits per heavy atom. The summed E-state index contributed by atoms with van der Waals surface area (Å²) in [5.74, 6) is 0. The van der Waals surface area contributed by atoms with E-state index in [2.05, 4.69) is 64.5 Å². The second-order valence-corrected chi connectivity index (χ2v) is 7.79. The van der Waals surface area contributed by atoms with Crippen LogP contribution in [0.4, 0.5) is 5.69 Å². The fraction of sp³-hybridized carbons (Fsp3) is 0.0714. The highest BCUT2D eigenvalue weighted by atomic mass is 16.4. The third-order valence-corrected chi connectivity index (χ3v) is 5.55. The molecular weight excluding hydrogens is 396 g/mol. The minimum Gasteiger partial charge on any atom is -0.422 e. The van der Waals surface area contributed by atoms with Gasteiger partial charge in [0.25, 0.3) is 0 Å². The van der Waals surface area contributed by atoms with Crippen LogP contribution in [0.15, 0.2) is 119 Å². The Labute approximate surface area is 186 Å². The Hall–Kier alpha value is -4.18. The number of hydrogen-bond donors (Lipinski definition) is 0. The average molecular weight is 420 g/mol. The van der Waals surface area contributed by atoms with E-state index in [0.29, 0.717) is 11.1 Å². The van der Waals surface area contributed by atoms with E-state index < -0.39 is 0 Å². The molecule has 4 nitrogen and oxygen atoms in total. The summed E-state index contributed by atoms with van der Waals surface area (Å²) in [6.45, 7) is 1.51. The van der Waals surface area contributed by atoms with Crippen LogP contribution in [0, 0.1) is 0 Å². The molecule has 0 bridgehead atoms. The van der Waals surface area contributed by atoms with Gasteiger partial charge in [0.15, 0.2) is 12.4 Å². The topological polar surface area (TPSA) is 47.6 Å². The quantitative estimate of drug-likeness (QED) is 0.342. The van der Waals surface area contributed by atoms with Gasteiger partial charge >= 0.3 is 5.63 Å². The maximum absolute atomic E-state index is 12.7. The van der Waals surface area contributed by atoms with Gasteiger partial charge in [0.1, 0.15) is 5.58 Å². The molecule has 4 heteroatoms. The van der Waals surface area contributed by atoms with Gasteiger partial charge in [-0.15, -0.1) is 0 Å². The zero-order valence-electron chi connectivity index (χ0n) is 17.6. The molecule has 2 heterocycles. The first-order valence-electron chi connectivity index (χ1n) is 10.6. The molecular formula is C28H23N2O2+. The van der Waals surface area contributed by atoms with E-state index in [1.807, 2.05) is 42.5 Å². The Morgan fingerprint density at radius 2 is 1.34 bits per heavy atom. The number of rotatable bonds is 6. The number of aromatic nitrogens is 1. The van der Waals surface area contributed by atoms with Crippen molar-refractivity contribution in [3.8, 4) is 11.1 Å². The van der Waals surface area contributed by atoms with Crippen molar-refractivity contribution < 1.29 is 9.40 Å². The van der Waals surface area contributed by atoms with Crippen molar-refractivity contribution in [1.82, 2.24) is 0 Å². The second kappa shape index (κ2) is 8.90. The van der Waals surface area contributed by atoms with Gasteiger partial charge in [-0.2, -0.15) is 0 Å². The standard InChI is InChI=1S/C28H22N2O2/c31-28-26(23-13-15-29-16-14-23)17-24-11-12-25(18-27(24)32-28)30(19-21-7-3-1-4-8-21)20-22-9-5-2-6-10-22/h1-18H,19-20H2/p+1. The van der Waals surface area contributed by atoms with E-state index in [1.165, 1.54) is 11.1 Å². The van der Waals surface area contributed by atoms with Crippen molar-refractivity contribution in [2.75, 3.05) is 4.90 Å². The summed E-state index contributed by atoms with van der Waals surface area (Å²) < 4.78 is 5.75. The third-order valence-electron chi connectivity index (χ3n) is 5.55. The van der Waals surface area contributed by atoms with E-state index in [1.54, 1.807) is 12.4 Å². The first kappa shape index (κ1) is 19.8. The smallest absolute Gasteiger partial charge is 0.344 e. The van der Waals surface area contributed by atoms with Crippen LogP contribution < -0.4 is 15.5 Å². The van der Waals surface area contributed by atoms with Crippen LogP contribution >= 0.6 is 0 Å². The van der Waals surface area contributed by atoms with Gasteiger partial charge in [0.2, 0.25) is 0 Å². The molecule has 3 aromatic carbocycles. The monoisotopic (exact) mass is 419 g/mol. The Kier molecular flexibility index (Phi) is 5.50. The lowest BCUT2D eigenvalue weighted by Gasteiger charge is -2.25. The lowest BCUT2D eigenvalue weighted by atomic mass is 10.1. The maximum Gasteiger partial charge on any atom is 0.344 e.